The Morgan fingerprint density at radius 2 is 2.35 bits per heavy atom. The second-order valence-corrected chi connectivity index (χ2v) is 4.28. The molecule has 5 nitrogen and oxygen atoms in total. The summed E-state index contributed by atoms with van der Waals surface area (Å²) in [6.07, 6.45) is 4.38. The van der Waals surface area contributed by atoms with Crippen LogP contribution in [0, 0.1) is 12.8 Å². The Hall–Kier alpha value is -1.91. The maximum Gasteiger partial charge on any atom is 0.229 e. The summed E-state index contributed by atoms with van der Waals surface area (Å²) < 4.78 is 0. The molecule has 0 bridgehead atoms. The molecule has 1 atom stereocenters. The monoisotopic (exact) mass is 233 g/mol. The van der Waals surface area contributed by atoms with Gasteiger partial charge in [0, 0.05) is 19.2 Å². The molecular formula is C12H15N3O2. The number of nitrogens with one attached hydrogen (secondary N) is 2. The zero-order valence-electron chi connectivity index (χ0n) is 9.69. The van der Waals surface area contributed by atoms with E-state index in [1.807, 2.05) is 13.0 Å². The molecule has 0 spiro atoms. The lowest BCUT2D eigenvalue weighted by atomic mass is 9.98. The van der Waals surface area contributed by atoms with Gasteiger partial charge < -0.3 is 10.6 Å². The third-order valence-electron chi connectivity index (χ3n) is 2.78. The van der Waals surface area contributed by atoms with Crippen LogP contribution >= 0.6 is 0 Å². The Morgan fingerprint density at radius 3 is 3.00 bits per heavy atom. The molecule has 0 aromatic carbocycles. The zero-order valence-corrected chi connectivity index (χ0v) is 9.69. The number of nitrogens with zero attached hydrogens (tertiary/aromatic N) is 1. The van der Waals surface area contributed by atoms with Crippen molar-refractivity contribution in [1.29, 1.82) is 0 Å². The highest BCUT2D eigenvalue weighted by Gasteiger charge is 2.24. The Labute approximate surface area is 99.6 Å². The summed E-state index contributed by atoms with van der Waals surface area (Å²) in [5, 5.41) is 5.51. The maximum atomic E-state index is 11.9. The quantitative estimate of drug-likeness (QED) is 0.795. The predicted octanol–water partition coefficient (Wildman–Crippen LogP) is 0.855. The van der Waals surface area contributed by atoms with E-state index in [-0.39, 0.29) is 17.7 Å². The van der Waals surface area contributed by atoms with Crippen LogP contribution in [0.5, 0.6) is 0 Å². The molecule has 1 aliphatic rings. The average Bonchev–Trinajstić information content (AvgIpc) is 2.29. The first-order valence-electron chi connectivity index (χ1n) is 5.64. The van der Waals surface area contributed by atoms with Crippen molar-refractivity contribution >= 4 is 17.5 Å². The van der Waals surface area contributed by atoms with E-state index < -0.39 is 0 Å². The molecule has 2 heterocycles. The normalized spacial score (nSPS) is 19.6. The smallest absolute Gasteiger partial charge is 0.229 e. The number of hydrogen-bond acceptors (Lipinski definition) is 3. The number of piperidine rings is 1. The van der Waals surface area contributed by atoms with Crippen molar-refractivity contribution in [1.82, 2.24) is 10.3 Å². The number of hydrogen-bond donors (Lipinski definition) is 2. The first kappa shape index (κ1) is 11.6. The number of amides is 2. The largest absolute Gasteiger partial charge is 0.355 e. The van der Waals surface area contributed by atoms with Crippen molar-refractivity contribution in [3.63, 3.8) is 0 Å². The molecule has 1 aromatic heterocycles. The van der Waals surface area contributed by atoms with E-state index in [1.54, 1.807) is 12.4 Å². The molecule has 17 heavy (non-hydrogen) atoms. The Bertz CT molecular complexity index is 435. The van der Waals surface area contributed by atoms with E-state index >= 15 is 0 Å². The van der Waals surface area contributed by atoms with Crippen LogP contribution in [0.25, 0.3) is 0 Å². The van der Waals surface area contributed by atoms with Crippen LogP contribution in [0.1, 0.15) is 18.4 Å². The van der Waals surface area contributed by atoms with Gasteiger partial charge in [0.25, 0.3) is 0 Å². The summed E-state index contributed by atoms with van der Waals surface area (Å²) in [5.41, 5.74) is 1.70. The van der Waals surface area contributed by atoms with Crippen LogP contribution in [-0.2, 0) is 9.59 Å². The van der Waals surface area contributed by atoms with Gasteiger partial charge in [-0.05, 0) is 25.0 Å². The fourth-order valence-corrected chi connectivity index (χ4v) is 1.82. The second-order valence-electron chi connectivity index (χ2n) is 4.28. The van der Waals surface area contributed by atoms with Crippen molar-refractivity contribution < 1.29 is 9.59 Å². The topological polar surface area (TPSA) is 71.1 Å². The van der Waals surface area contributed by atoms with Gasteiger partial charge in [-0.15, -0.1) is 0 Å². The van der Waals surface area contributed by atoms with Crippen LogP contribution in [0.3, 0.4) is 0 Å². The van der Waals surface area contributed by atoms with Gasteiger partial charge in [-0.2, -0.15) is 0 Å². The third-order valence-corrected chi connectivity index (χ3v) is 2.78. The van der Waals surface area contributed by atoms with Gasteiger partial charge in [-0.25, -0.2) is 0 Å². The van der Waals surface area contributed by atoms with Crippen molar-refractivity contribution in [2.75, 3.05) is 11.9 Å². The molecule has 1 fully saturated rings. The molecule has 0 aliphatic carbocycles. The van der Waals surface area contributed by atoms with Gasteiger partial charge in [0.05, 0.1) is 17.8 Å². The molecule has 2 amide bonds. The first-order valence-corrected chi connectivity index (χ1v) is 5.64. The summed E-state index contributed by atoms with van der Waals surface area (Å²) in [6, 6.07) is 1.87. The van der Waals surface area contributed by atoms with Crippen LogP contribution < -0.4 is 10.6 Å². The van der Waals surface area contributed by atoms with Gasteiger partial charge in [-0.3, -0.25) is 14.6 Å². The number of carbonyl (C=O) groups is 2. The predicted molar refractivity (Wildman–Crippen MR) is 63.3 cm³/mol. The molecule has 2 N–H and O–H groups in total. The molecule has 0 saturated carbocycles. The van der Waals surface area contributed by atoms with E-state index in [4.69, 9.17) is 0 Å². The minimum absolute atomic E-state index is 0.0197. The van der Waals surface area contributed by atoms with E-state index in [9.17, 15) is 9.59 Å². The number of carbonyl (C=O) groups excluding carboxylic acids is 2. The van der Waals surface area contributed by atoms with E-state index in [0.29, 0.717) is 25.1 Å². The lowest BCUT2D eigenvalue weighted by Gasteiger charge is -2.21. The van der Waals surface area contributed by atoms with E-state index in [2.05, 4.69) is 15.6 Å². The molecule has 1 aliphatic heterocycles. The van der Waals surface area contributed by atoms with Crippen molar-refractivity contribution in [3.05, 3.63) is 24.0 Å². The highest BCUT2D eigenvalue weighted by atomic mass is 16.2. The van der Waals surface area contributed by atoms with Crippen LogP contribution in [0.15, 0.2) is 18.5 Å². The van der Waals surface area contributed by atoms with E-state index in [0.717, 1.165) is 5.56 Å². The van der Waals surface area contributed by atoms with Crippen molar-refractivity contribution in [2.24, 2.45) is 5.92 Å². The summed E-state index contributed by atoms with van der Waals surface area (Å²) in [4.78, 5) is 26.9. The standard InChI is InChI=1S/C12H15N3O2/c1-8-4-10(7-13-5-8)15-12(17)9-2-3-11(16)14-6-9/h4-5,7,9H,2-3,6H2,1H3,(H,14,16)(H,15,17). The van der Waals surface area contributed by atoms with Gasteiger partial charge in [0.15, 0.2) is 0 Å². The van der Waals surface area contributed by atoms with Gasteiger partial charge >= 0.3 is 0 Å². The van der Waals surface area contributed by atoms with Crippen LogP contribution in [0.2, 0.25) is 0 Å². The second kappa shape index (κ2) is 4.95. The summed E-state index contributed by atoms with van der Waals surface area (Å²) in [5.74, 6) is -0.183. The van der Waals surface area contributed by atoms with E-state index in [1.165, 1.54) is 0 Å². The fourth-order valence-electron chi connectivity index (χ4n) is 1.82. The minimum Gasteiger partial charge on any atom is -0.355 e. The number of anilines is 1. The summed E-state index contributed by atoms with van der Waals surface area (Å²) in [7, 11) is 0. The summed E-state index contributed by atoms with van der Waals surface area (Å²) in [6.45, 7) is 2.34. The van der Waals surface area contributed by atoms with Gasteiger partial charge in [0.1, 0.15) is 0 Å². The van der Waals surface area contributed by atoms with Gasteiger partial charge in [-0.1, -0.05) is 0 Å². The molecule has 0 radical (unpaired) electrons. The fraction of sp³-hybridized carbons (Fsp3) is 0.417. The molecular weight excluding hydrogens is 218 g/mol. The lowest BCUT2D eigenvalue weighted by molar-refractivity contribution is -0.126. The number of aromatic nitrogens is 1. The average molecular weight is 233 g/mol. The van der Waals surface area contributed by atoms with Crippen molar-refractivity contribution in [3.8, 4) is 0 Å². The first-order chi connectivity index (χ1) is 8.15. The molecule has 1 saturated heterocycles. The Kier molecular flexibility index (Phi) is 3.37. The number of pyridine rings is 1. The molecule has 2 rings (SSSR count). The number of rotatable bonds is 2. The maximum absolute atomic E-state index is 11.9. The molecule has 1 aromatic rings. The van der Waals surface area contributed by atoms with Crippen molar-refractivity contribution in [2.45, 2.75) is 19.8 Å². The summed E-state index contributed by atoms with van der Waals surface area (Å²) >= 11 is 0. The van der Waals surface area contributed by atoms with Gasteiger partial charge in [0.2, 0.25) is 11.8 Å². The molecule has 1 unspecified atom stereocenters. The molecule has 90 valence electrons. The number of aryl methyl sites for hydroxylation is 1. The minimum atomic E-state index is -0.145. The van der Waals surface area contributed by atoms with Crippen LogP contribution in [-0.4, -0.2) is 23.3 Å². The Morgan fingerprint density at radius 1 is 1.53 bits per heavy atom. The Balaban J connectivity index is 1.95. The molecule has 5 heteroatoms. The SMILES string of the molecule is Cc1cncc(NC(=O)C2CCC(=O)NC2)c1. The van der Waals surface area contributed by atoms with Crippen LogP contribution in [0.4, 0.5) is 5.69 Å². The third kappa shape index (κ3) is 3.03. The highest BCUT2D eigenvalue weighted by molar-refractivity contribution is 5.93. The lowest BCUT2D eigenvalue weighted by Crippen LogP contribution is -2.40. The highest BCUT2D eigenvalue weighted by Crippen LogP contribution is 2.14. The zero-order chi connectivity index (χ0) is 12.3.